The third-order valence-electron chi connectivity index (χ3n) is 6.41. The van der Waals surface area contributed by atoms with Crippen molar-refractivity contribution < 1.29 is 23.9 Å². The Bertz CT molecular complexity index is 1130. The molecule has 3 heterocycles. The number of nitrogens with zero attached hydrogens (tertiary/aromatic N) is 3. The molecule has 0 saturated heterocycles. The van der Waals surface area contributed by atoms with E-state index in [0.29, 0.717) is 36.9 Å². The van der Waals surface area contributed by atoms with E-state index in [1.54, 1.807) is 22.5 Å². The lowest BCUT2D eigenvalue weighted by Gasteiger charge is -2.43. The van der Waals surface area contributed by atoms with Gasteiger partial charge in [-0.1, -0.05) is 26.8 Å². The molecule has 1 aromatic carbocycles. The lowest BCUT2D eigenvalue weighted by molar-refractivity contribution is -0.132. The second-order valence-corrected chi connectivity index (χ2v) is 9.61. The summed E-state index contributed by atoms with van der Waals surface area (Å²) in [4.78, 5) is 45.6. The lowest BCUT2D eigenvalue weighted by atomic mass is 9.93. The third-order valence-corrected chi connectivity index (χ3v) is 6.41. The van der Waals surface area contributed by atoms with Gasteiger partial charge in [0.2, 0.25) is 12.7 Å². The molecule has 2 aliphatic rings. The smallest absolute Gasteiger partial charge is 0.273 e. The number of fused-ring (bicyclic) bond motifs is 2. The minimum atomic E-state index is -1.07. The first-order valence-corrected chi connectivity index (χ1v) is 12.1. The first-order chi connectivity index (χ1) is 16.7. The maximum absolute atomic E-state index is 13.6. The summed E-state index contributed by atoms with van der Waals surface area (Å²) in [5.74, 6) is 0.736. The molecule has 10 heteroatoms. The van der Waals surface area contributed by atoms with Gasteiger partial charge in [0, 0.05) is 19.6 Å². The Kier molecular flexibility index (Phi) is 7.00. The molecule has 0 saturated carbocycles. The van der Waals surface area contributed by atoms with Gasteiger partial charge in [0.1, 0.15) is 11.2 Å². The fraction of sp³-hybridized carbons (Fsp3) is 0.520. The number of aromatic nitrogens is 2. The molecule has 0 radical (unpaired) electrons. The first-order valence-electron chi connectivity index (χ1n) is 12.1. The highest BCUT2D eigenvalue weighted by Crippen LogP contribution is 2.33. The van der Waals surface area contributed by atoms with Crippen LogP contribution in [0.2, 0.25) is 0 Å². The molecule has 0 bridgehead atoms. The summed E-state index contributed by atoms with van der Waals surface area (Å²) in [7, 11) is 0. The Labute approximate surface area is 205 Å². The van der Waals surface area contributed by atoms with Gasteiger partial charge in [0.15, 0.2) is 17.2 Å². The molecule has 2 aromatic rings. The van der Waals surface area contributed by atoms with Gasteiger partial charge in [0.05, 0.1) is 12.9 Å². The SMILES string of the molecule is CCCN1C(=O)c2c(C(=O)NCc3ccc4c(c3)OCO4)ncn2CC1(C)C(=O)NCCC(C)C. The van der Waals surface area contributed by atoms with Crippen molar-refractivity contribution >= 4 is 17.7 Å². The summed E-state index contributed by atoms with van der Waals surface area (Å²) in [6.45, 7) is 9.51. The number of benzene rings is 1. The van der Waals surface area contributed by atoms with E-state index in [2.05, 4.69) is 29.5 Å². The maximum atomic E-state index is 13.6. The number of nitrogens with one attached hydrogen (secondary N) is 2. The van der Waals surface area contributed by atoms with Gasteiger partial charge in [-0.2, -0.15) is 0 Å². The molecule has 0 spiro atoms. The van der Waals surface area contributed by atoms with Gasteiger partial charge in [-0.15, -0.1) is 0 Å². The Morgan fingerprint density at radius 2 is 1.97 bits per heavy atom. The number of hydrogen-bond donors (Lipinski definition) is 2. The average Bonchev–Trinajstić information content (AvgIpc) is 3.46. The van der Waals surface area contributed by atoms with Gasteiger partial charge in [-0.3, -0.25) is 14.4 Å². The molecule has 0 aliphatic carbocycles. The first kappa shape index (κ1) is 24.6. The van der Waals surface area contributed by atoms with Crippen molar-refractivity contribution in [2.24, 2.45) is 5.92 Å². The van der Waals surface area contributed by atoms with Crippen LogP contribution in [-0.4, -0.2) is 57.6 Å². The number of amides is 3. The van der Waals surface area contributed by atoms with E-state index in [9.17, 15) is 14.4 Å². The monoisotopic (exact) mass is 483 g/mol. The van der Waals surface area contributed by atoms with E-state index < -0.39 is 11.4 Å². The van der Waals surface area contributed by atoms with Crippen molar-refractivity contribution in [3.8, 4) is 11.5 Å². The average molecular weight is 484 g/mol. The van der Waals surface area contributed by atoms with Crippen molar-refractivity contribution in [1.82, 2.24) is 25.1 Å². The molecule has 2 N–H and O–H groups in total. The Morgan fingerprint density at radius 1 is 1.20 bits per heavy atom. The zero-order valence-electron chi connectivity index (χ0n) is 20.7. The van der Waals surface area contributed by atoms with Crippen LogP contribution < -0.4 is 20.1 Å². The fourth-order valence-electron chi connectivity index (χ4n) is 4.41. The molecule has 3 amide bonds. The van der Waals surface area contributed by atoms with E-state index >= 15 is 0 Å². The molecule has 1 atom stereocenters. The van der Waals surface area contributed by atoms with Crippen molar-refractivity contribution in [1.29, 1.82) is 0 Å². The van der Waals surface area contributed by atoms with Crippen LogP contribution in [0, 0.1) is 5.92 Å². The second-order valence-electron chi connectivity index (χ2n) is 9.61. The van der Waals surface area contributed by atoms with Crippen molar-refractivity contribution in [2.75, 3.05) is 19.9 Å². The quantitative estimate of drug-likeness (QED) is 0.566. The zero-order valence-corrected chi connectivity index (χ0v) is 20.7. The number of imidazole rings is 1. The van der Waals surface area contributed by atoms with E-state index in [4.69, 9.17) is 9.47 Å². The second kappa shape index (κ2) is 9.97. The zero-order chi connectivity index (χ0) is 25.2. The van der Waals surface area contributed by atoms with Crippen LogP contribution in [0.5, 0.6) is 11.5 Å². The van der Waals surface area contributed by atoms with Gasteiger partial charge in [0.25, 0.3) is 11.8 Å². The Morgan fingerprint density at radius 3 is 2.71 bits per heavy atom. The molecule has 1 unspecified atom stereocenters. The predicted octanol–water partition coefficient (Wildman–Crippen LogP) is 2.33. The number of ether oxygens (including phenoxy) is 2. The van der Waals surface area contributed by atoms with E-state index in [1.165, 1.54) is 6.33 Å². The highest BCUT2D eigenvalue weighted by Gasteiger charge is 2.48. The van der Waals surface area contributed by atoms with Gasteiger partial charge in [-0.25, -0.2) is 4.98 Å². The van der Waals surface area contributed by atoms with Crippen LogP contribution in [0.1, 0.15) is 67.1 Å². The van der Waals surface area contributed by atoms with Crippen LogP contribution in [0.4, 0.5) is 0 Å². The summed E-state index contributed by atoms with van der Waals surface area (Å²) < 4.78 is 12.3. The summed E-state index contributed by atoms with van der Waals surface area (Å²) in [5, 5.41) is 5.82. The Hall–Kier alpha value is -3.56. The molecule has 10 nitrogen and oxygen atoms in total. The summed E-state index contributed by atoms with van der Waals surface area (Å²) in [5.41, 5.74) is 0.0197. The lowest BCUT2D eigenvalue weighted by Crippen LogP contribution is -2.64. The van der Waals surface area contributed by atoms with Crippen molar-refractivity contribution in [3.63, 3.8) is 0 Å². The van der Waals surface area contributed by atoms with Gasteiger partial charge >= 0.3 is 0 Å². The van der Waals surface area contributed by atoms with E-state index in [1.807, 2.05) is 19.1 Å². The number of carbonyl (C=O) groups excluding carboxylic acids is 3. The van der Waals surface area contributed by atoms with Crippen molar-refractivity contribution in [2.45, 2.75) is 59.2 Å². The highest BCUT2D eigenvalue weighted by atomic mass is 16.7. The topological polar surface area (TPSA) is 115 Å². The number of carbonyl (C=O) groups is 3. The van der Waals surface area contributed by atoms with E-state index in [-0.39, 0.29) is 43.1 Å². The minimum Gasteiger partial charge on any atom is -0.454 e. The predicted molar refractivity (Wildman–Crippen MR) is 128 cm³/mol. The normalized spacial score (nSPS) is 18.5. The molecule has 0 fully saturated rings. The maximum Gasteiger partial charge on any atom is 0.273 e. The minimum absolute atomic E-state index is 0.0547. The number of rotatable bonds is 9. The Balaban J connectivity index is 1.51. The molecule has 2 aliphatic heterocycles. The summed E-state index contributed by atoms with van der Waals surface area (Å²) >= 11 is 0. The van der Waals surface area contributed by atoms with Crippen LogP contribution in [0.3, 0.4) is 0 Å². The highest BCUT2D eigenvalue weighted by molar-refractivity contribution is 6.07. The molecule has 35 heavy (non-hydrogen) atoms. The van der Waals surface area contributed by atoms with Crippen LogP contribution in [0.25, 0.3) is 0 Å². The standard InChI is InChI=1S/C25H33N5O5/c1-5-10-30-23(32)21-20(22(31)27-12-17-6-7-18-19(11-17)35-15-34-18)28-14-29(21)13-25(30,4)24(33)26-9-8-16(2)3/h6-7,11,14,16H,5,8-10,12-13,15H2,1-4H3,(H,26,33)(H,27,31). The molecular formula is C25H33N5O5. The van der Waals surface area contributed by atoms with Crippen molar-refractivity contribution in [3.05, 3.63) is 41.5 Å². The molecule has 188 valence electrons. The van der Waals surface area contributed by atoms with Gasteiger partial charge < -0.3 is 29.6 Å². The van der Waals surface area contributed by atoms with Crippen LogP contribution in [0.15, 0.2) is 24.5 Å². The fourth-order valence-corrected chi connectivity index (χ4v) is 4.41. The van der Waals surface area contributed by atoms with Crippen LogP contribution in [-0.2, 0) is 17.9 Å². The molecular weight excluding hydrogens is 450 g/mol. The largest absolute Gasteiger partial charge is 0.454 e. The number of hydrogen-bond acceptors (Lipinski definition) is 6. The third kappa shape index (κ3) is 4.82. The van der Waals surface area contributed by atoms with E-state index in [0.717, 1.165) is 12.0 Å². The summed E-state index contributed by atoms with van der Waals surface area (Å²) in [6, 6.07) is 5.44. The summed E-state index contributed by atoms with van der Waals surface area (Å²) in [6.07, 6.45) is 3.00. The molecule has 4 rings (SSSR count). The van der Waals surface area contributed by atoms with Gasteiger partial charge in [-0.05, 0) is 43.4 Å². The molecule has 1 aromatic heterocycles. The van der Waals surface area contributed by atoms with Crippen LogP contribution >= 0.6 is 0 Å².